The van der Waals surface area contributed by atoms with E-state index >= 15 is 0 Å². The number of Topliss-reactive ketones (excluding diaryl/α,β-unsaturated/α-hetero) is 2. The third kappa shape index (κ3) is 5.31. The van der Waals surface area contributed by atoms with Gasteiger partial charge >= 0.3 is 0 Å². The summed E-state index contributed by atoms with van der Waals surface area (Å²) in [6.07, 6.45) is 5.22. The monoisotopic (exact) mass is 608 g/mol. The fraction of sp³-hybridized carbons (Fsp3) is 0.419. The minimum atomic E-state index is -0.435. The van der Waals surface area contributed by atoms with Gasteiger partial charge in [0.15, 0.2) is 23.1 Å². The van der Waals surface area contributed by atoms with Crippen molar-refractivity contribution in [1.29, 1.82) is 0 Å². The zero-order valence-electron chi connectivity index (χ0n) is 22.8. The number of ether oxygens (including phenoxy) is 2. The van der Waals surface area contributed by atoms with Gasteiger partial charge in [-0.2, -0.15) is 0 Å². The number of ketones is 2. The highest BCUT2D eigenvalue weighted by atomic mass is 79.9. The van der Waals surface area contributed by atoms with Gasteiger partial charge in [0.1, 0.15) is 6.61 Å². The minimum absolute atomic E-state index is 0.0196. The van der Waals surface area contributed by atoms with Crippen molar-refractivity contribution in [1.82, 2.24) is 4.90 Å². The summed E-state index contributed by atoms with van der Waals surface area (Å²) in [7, 11) is 0. The smallest absolute Gasteiger partial charge is 0.269 e. The minimum Gasteiger partial charge on any atom is -0.490 e. The Morgan fingerprint density at radius 3 is 2.12 bits per heavy atom. The topological polar surface area (TPSA) is 99.0 Å². The number of benzene rings is 2. The van der Waals surface area contributed by atoms with Crippen molar-refractivity contribution in [3.8, 4) is 11.5 Å². The first-order chi connectivity index (χ1) is 19.3. The van der Waals surface area contributed by atoms with Crippen LogP contribution in [0.1, 0.15) is 75.8 Å². The van der Waals surface area contributed by atoms with Crippen LogP contribution < -0.4 is 9.47 Å². The van der Waals surface area contributed by atoms with Crippen LogP contribution in [0.5, 0.6) is 11.5 Å². The molecule has 0 saturated heterocycles. The molecule has 9 heteroatoms. The van der Waals surface area contributed by atoms with Crippen LogP contribution in [-0.4, -0.2) is 34.5 Å². The molecule has 2 aliphatic carbocycles. The van der Waals surface area contributed by atoms with Crippen LogP contribution in [0, 0.1) is 10.1 Å². The van der Waals surface area contributed by atoms with Gasteiger partial charge in [0.25, 0.3) is 5.69 Å². The molecule has 2 aromatic rings. The van der Waals surface area contributed by atoms with Crippen LogP contribution in [0.3, 0.4) is 0 Å². The SMILES string of the molecule is CCCN1C2=C(C(=O)CCC2)C(c2cc(Br)c(OCc3ccc([N+](=O)[O-])cc3)c(OCC)c2)C2=C1CCCC2=O. The van der Waals surface area contributed by atoms with E-state index in [0.29, 0.717) is 35.4 Å². The average Bonchev–Trinajstić information content (AvgIpc) is 2.93. The number of hydrogen-bond acceptors (Lipinski definition) is 7. The van der Waals surface area contributed by atoms with Gasteiger partial charge in [-0.15, -0.1) is 0 Å². The molecule has 3 aliphatic rings. The maximum absolute atomic E-state index is 13.5. The summed E-state index contributed by atoms with van der Waals surface area (Å²) < 4.78 is 12.8. The fourth-order valence-electron chi connectivity index (χ4n) is 6.07. The van der Waals surface area contributed by atoms with Crippen molar-refractivity contribution in [3.05, 3.63) is 84.7 Å². The Morgan fingerprint density at radius 1 is 0.950 bits per heavy atom. The first-order valence-electron chi connectivity index (χ1n) is 14.0. The van der Waals surface area contributed by atoms with Crippen LogP contribution in [-0.2, 0) is 16.2 Å². The highest BCUT2D eigenvalue weighted by Gasteiger charge is 2.43. The molecule has 8 nitrogen and oxygen atoms in total. The van der Waals surface area contributed by atoms with Crippen molar-refractivity contribution >= 4 is 33.2 Å². The van der Waals surface area contributed by atoms with Crippen LogP contribution >= 0.6 is 15.9 Å². The summed E-state index contributed by atoms with van der Waals surface area (Å²) in [5.41, 5.74) is 5.28. The molecule has 40 heavy (non-hydrogen) atoms. The number of hydrogen-bond donors (Lipinski definition) is 0. The second-order valence-corrected chi connectivity index (χ2v) is 11.2. The number of rotatable bonds is 9. The molecule has 0 radical (unpaired) electrons. The van der Waals surface area contributed by atoms with Crippen LogP contribution in [0.4, 0.5) is 5.69 Å². The number of non-ortho nitro benzene ring substituents is 1. The number of carbonyl (C=O) groups excluding carboxylic acids is 2. The van der Waals surface area contributed by atoms with Crippen LogP contribution in [0.15, 0.2) is 63.4 Å². The van der Waals surface area contributed by atoms with E-state index in [0.717, 1.165) is 72.3 Å². The molecule has 0 amide bonds. The van der Waals surface area contributed by atoms with Crippen LogP contribution in [0.25, 0.3) is 0 Å². The van der Waals surface area contributed by atoms with Crippen molar-refractivity contribution in [2.45, 2.75) is 71.3 Å². The maximum Gasteiger partial charge on any atom is 0.269 e. The van der Waals surface area contributed by atoms with Gasteiger partial charge in [-0.05, 0) is 90.4 Å². The maximum atomic E-state index is 13.5. The third-order valence-corrected chi connectivity index (χ3v) is 8.32. The Morgan fingerprint density at radius 2 is 1.57 bits per heavy atom. The third-order valence-electron chi connectivity index (χ3n) is 7.73. The van der Waals surface area contributed by atoms with Crippen molar-refractivity contribution < 1.29 is 24.0 Å². The number of halogens is 1. The van der Waals surface area contributed by atoms with Gasteiger partial charge in [-0.3, -0.25) is 19.7 Å². The van der Waals surface area contributed by atoms with Crippen LogP contribution in [0.2, 0.25) is 0 Å². The molecular formula is C31H33BrN2O6. The first-order valence-corrected chi connectivity index (χ1v) is 14.8. The molecule has 0 spiro atoms. The molecule has 1 aliphatic heterocycles. The van der Waals surface area contributed by atoms with E-state index in [9.17, 15) is 19.7 Å². The lowest BCUT2D eigenvalue weighted by Crippen LogP contribution is -2.39. The number of nitrogens with zero attached hydrogens (tertiary/aromatic N) is 2. The summed E-state index contributed by atoms with van der Waals surface area (Å²) in [5.74, 6) is 0.814. The van der Waals surface area contributed by atoms with Gasteiger partial charge in [-0.1, -0.05) is 6.92 Å². The Bertz CT molecular complexity index is 1370. The predicted molar refractivity (Wildman–Crippen MR) is 154 cm³/mol. The molecular weight excluding hydrogens is 576 g/mol. The standard InChI is InChI=1S/C31H33BrN2O6/c1-3-15-33-23-7-5-9-25(35)29(23)28(30-24(33)8-6-10-26(30)36)20-16-22(32)31(27(17-20)39-4-2)40-18-19-11-13-21(14-12-19)34(37)38/h11-14,16-17,28H,3-10,15,18H2,1-2H3. The fourth-order valence-corrected chi connectivity index (χ4v) is 6.64. The van der Waals surface area contributed by atoms with E-state index in [-0.39, 0.29) is 23.9 Å². The van der Waals surface area contributed by atoms with E-state index in [1.807, 2.05) is 19.1 Å². The van der Waals surface area contributed by atoms with E-state index in [1.165, 1.54) is 12.1 Å². The van der Waals surface area contributed by atoms with Crippen molar-refractivity contribution in [2.75, 3.05) is 13.2 Å². The van der Waals surface area contributed by atoms with Gasteiger partial charge in [0.05, 0.1) is 16.0 Å². The van der Waals surface area contributed by atoms with E-state index in [1.54, 1.807) is 12.1 Å². The van der Waals surface area contributed by atoms with E-state index < -0.39 is 10.8 Å². The second kappa shape index (κ2) is 12.0. The molecule has 1 heterocycles. The highest BCUT2D eigenvalue weighted by Crippen LogP contribution is 2.51. The summed E-state index contributed by atoms with van der Waals surface area (Å²) in [6, 6.07) is 10.1. The summed E-state index contributed by atoms with van der Waals surface area (Å²) in [6.45, 7) is 5.41. The Kier molecular flexibility index (Phi) is 8.40. The molecule has 2 aromatic carbocycles. The lowest BCUT2D eigenvalue weighted by molar-refractivity contribution is -0.384. The molecule has 0 fully saturated rings. The van der Waals surface area contributed by atoms with Gasteiger partial charge in [0.2, 0.25) is 0 Å². The number of nitro benzene ring substituents is 1. The summed E-state index contributed by atoms with van der Waals surface area (Å²) in [4.78, 5) is 39.8. The first kappa shape index (κ1) is 28.1. The molecule has 0 N–H and O–H groups in total. The zero-order valence-corrected chi connectivity index (χ0v) is 24.4. The van der Waals surface area contributed by atoms with Crippen molar-refractivity contribution in [2.24, 2.45) is 0 Å². The lowest BCUT2D eigenvalue weighted by atomic mass is 9.71. The quantitative estimate of drug-likeness (QED) is 0.220. The van der Waals surface area contributed by atoms with Gasteiger partial charge in [0, 0.05) is 60.0 Å². The normalized spacial score (nSPS) is 17.6. The Balaban J connectivity index is 1.56. The summed E-state index contributed by atoms with van der Waals surface area (Å²) in [5, 5.41) is 11.0. The Hall–Kier alpha value is -3.46. The Labute approximate surface area is 242 Å². The van der Waals surface area contributed by atoms with Crippen molar-refractivity contribution in [3.63, 3.8) is 0 Å². The highest BCUT2D eigenvalue weighted by molar-refractivity contribution is 9.10. The molecule has 5 rings (SSSR count). The molecule has 0 atom stereocenters. The predicted octanol–water partition coefficient (Wildman–Crippen LogP) is 7.16. The average molecular weight is 610 g/mol. The van der Waals surface area contributed by atoms with Gasteiger partial charge < -0.3 is 14.4 Å². The summed E-state index contributed by atoms with van der Waals surface area (Å²) >= 11 is 3.68. The second-order valence-electron chi connectivity index (χ2n) is 10.3. The lowest BCUT2D eigenvalue weighted by Gasteiger charge is -2.44. The number of carbonyl (C=O) groups is 2. The molecule has 210 valence electrons. The molecule has 0 saturated carbocycles. The van der Waals surface area contributed by atoms with Gasteiger partial charge in [-0.25, -0.2) is 0 Å². The number of allylic oxidation sites excluding steroid dienone is 4. The number of nitro groups is 1. The zero-order chi connectivity index (χ0) is 28.4. The van der Waals surface area contributed by atoms with E-state index in [2.05, 4.69) is 27.8 Å². The largest absolute Gasteiger partial charge is 0.490 e. The van der Waals surface area contributed by atoms with E-state index in [4.69, 9.17) is 9.47 Å². The molecule has 0 bridgehead atoms. The molecule has 0 aromatic heterocycles. The molecule has 0 unspecified atom stereocenters.